The first kappa shape index (κ1) is 40.3. The Bertz CT molecular complexity index is 977. The molecular weight excluding hydrogens is 584 g/mol. The van der Waals surface area contributed by atoms with Gasteiger partial charge < -0.3 is 34.5 Å². The highest BCUT2D eigenvalue weighted by atomic mass is 16.6. The summed E-state index contributed by atoms with van der Waals surface area (Å²) in [6.45, 7) is 17.6. The Kier molecular flexibility index (Phi) is 17.9. The number of ether oxygens (including phenoxy) is 2. The van der Waals surface area contributed by atoms with Crippen LogP contribution < -0.4 is 0 Å². The second-order valence-corrected chi connectivity index (χ2v) is 10.4. The van der Waals surface area contributed by atoms with E-state index in [1.807, 2.05) is 4.90 Å². The number of hydrogen-bond donors (Lipinski definition) is 0. The summed E-state index contributed by atoms with van der Waals surface area (Å²) >= 11 is 0. The summed E-state index contributed by atoms with van der Waals surface area (Å²) in [5.74, 6) is -2.06. The smallest absolute Gasteiger partial charge is 0.310 e. The van der Waals surface area contributed by atoms with Crippen LogP contribution in [0.3, 0.4) is 0 Å². The molecule has 3 heterocycles. The lowest BCUT2D eigenvalue weighted by molar-refractivity contribution is -0.160. The maximum Gasteiger partial charge on any atom is 0.310 e. The zero-order valence-corrected chi connectivity index (χ0v) is 27.0. The van der Waals surface area contributed by atoms with Gasteiger partial charge in [-0.05, 0) is 6.54 Å². The molecule has 0 aliphatic carbocycles. The van der Waals surface area contributed by atoms with Gasteiger partial charge in [0.25, 0.3) is 0 Å². The topological polar surface area (TPSA) is 195 Å². The van der Waals surface area contributed by atoms with Crippen LogP contribution in [-0.4, -0.2) is 160 Å². The summed E-state index contributed by atoms with van der Waals surface area (Å²) < 4.78 is 8.91. The predicted octanol–water partition coefficient (Wildman–Crippen LogP) is -1.96. The monoisotopic (exact) mass is 632 g/mol. The van der Waals surface area contributed by atoms with Crippen molar-refractivity contribution in [2.45, 2.75) is 55.4 Å². The van der Waals surface area contributed by atoms with E-state index < -0.39 is 17.9 Å². The van der Waals surface area contributed by atoms with Crippen LogP contribution in [0.5, 0.6) is 0 Å². The van der Waals surface area contributed by atoms with Crippen molar-refractivity contribution in [2.24, 2.45) is 0 Å². The Morgan fingerprint density at radius 2 is 0.841 bits per heavy atom. The average Bonchev–Trinajstić information content (AvgIpc) is 2.86. The SMILES string of the molecule is CC(=O)OC(C)=O.CC(=O)OCN1CN(C(C)=O)CN(C(C)=O)CN(C(C)=O)C1.CCN1CN2CN(C1)CN(C(C)=O)C2.O. The molecule has 0 aromatic rings. The molecule has 3 saturated heterocycles. The molecule has 3 fully saturated rings. The summed E-state index contributed by atoms with van der Waals surface area (Å²) in [6.07, 6.45) is 0. The fourth-order valence-corrected chi connectivity index (χ4v) is 4.23. The summed E-state index contributed by atoms with van der Waals surface area (Å²) in [6, 6.07) is 0. The van der Waals surface area contributed by atoms with Crippen LogP contribution in [0.15, 0.2) is 0 Å². The van der Waals surface area contributed by atoms with E-state index in [4.69, 9.17) is 4.74 Å². The van der Waals surface area contributed by atoms with Crippen LogP contribution in [0.1, 0.15) is 55.4 Å². The van der Waals surface area contributed by atoms with E-state index in [1.54, 1.807) is 11.8 Å². The Morgan fingerprint density at radius 1 is 0.477 bits per heavy atom. The lowest BCUT2D eigenvalue weighted by atomic mass is 10.4. The third kappa shape index (κ3) is 15.1. The lowest BCUT2D eigenvalue weighted by Crippen LogP contribution is -2.64. The Hall–Kier alpha value is -3.71. The van der Waals surface area contributed by atoms with Crippen LogP contribution in [-0.2, 0) is 43.0 Å². The van der Waals surface area contributed by atoms with E-state index in [9.17, 15) is 33.6 Å². The Labute approximate surface area is 258 Å². The van der Waals surface area contributed by atoms with Gasteiger partial charge in [-0.15, -0.1) is 0 Å². The first-order chi connectivity index (χ1) is 20.0. The zero-order valence-electron chi connectivity index (χ0n) is 27.0. The van der Waals surface area contributed by atoms with Gasteiger partial charge >= 0.3 is 17.9 Å². The fraction of sp³-hybridized carbons (Fsp3) is 0.731. The van der Waals surface area contributed by atoms with Crippen molar-refractivity contribution in [1.82, 2.24) is 39.2 Å². The van der Waals surface area contributed by atoms with Crippen molar-refractivity contribution < 1.29 is 48.5 Å². The van der Waals surface area contributed by atoms with Crippen molar-refractivity contribution in [3.8, 4) is 0 Å². The van der Waals surface area contributed by atoms with Gasteiger partial charge in [-0.25, -0.2) is 4.90 Å². The highest BCUT2D eigenvalue weighted by Crippen LogP contribution is 2.14. The van der Waals surface area contributed by atoms with E-state index >= 15 is 0 Å². The molecule has 0 saturated carbocycles. The molecule has 3 aliphatic heterocycles. The number of carbonyl (C=O) groups is 7. The van der Waals surface area contributed by atoms with Crippen molar-refractivity contribution in [3.63, 3.8) is 0 Å². The molecule has 44 heavy (non-hydrogen) atoms. The number of nitrogens with zero attached hydrogens (tertiary/aromatic N) is 8. The molecular formula is C26H48N8O10. The Morgan fingerprint density at radius 3 is 1.14 bits per heavy atom. The molecule has 2 bridgehead atoms. The summed E-state index contributed by atoms with van der Waals surface area (Å²) in [5.41, 5.74) is 0. The molecule has 2 N–H and O–H groups in total. The molecule has 0 spiro atoms. The molecule has 0 aromatic carbocycles. The quantitative estimate of drug-likeness (QED) is 0.246. The van der Waals surface area contributed by atoms with Crippen LogP contribution in [0.25, 0.3) is 0 Å². The zero-order chi connectivity index (χ0) is 32.9. The third-order valence-electron chi connectivity index (χ3n) is 6.33. The van der Waals surface area contributed by atoms with Crippen LogP contribution in [0, 0.1) is 0 Å². The molecule has 252 valence electrons. The molecule has 3 aliphatic rings. The van der Waals surface area contributed by atoms with Crippen LogP contribution in [0.4, 0.5) is 0 Å². The summed E-state index contributed by atoms with van der Waals surface area (Å²) in [4.78, 5) is 91.7. The first-order valence-corrected chi connectivity index (χ1v) is 13.8. The van der Waals surface area contributed by atoms with Crippen molar-refractivity contribution >= 4 is 41.5 Å². The molecule has 18 nitrogen and oxygen atoms in total. The van der Waals surface area contributed by atoms with E-state index in [-0.39, 0.29) is 62.5 Å². The lowest BCUT2D eigenvalue weighted by Gasteiger charge is -2.49. The van der Waals surface area contributed by atoms with Gasteiger partial charge in [0, 0.05) is 48.5 Å². The fourth-order valence-electron chi connectivity index (χ4n) is 4.23. The minimum Gasteiger partial charge on any atom is -0.450 e. The van der Waals surface area contributed by atoms with Gasteiger partial charge in [0.15, 0.2) is 0 Å². The van der Waals surface area contributed by atoms with Crippen molar-refractivity contribution in [3.05, 3.63) is 0 Å². The van der Waals surface area contributed by atoms with E-state index in [0.29, 0.717) is 0 Å². The predicted molar refractivity (Wildman–Crippen MR) is 154 cm³/mol. The van der Waals surface area contributed by atoms with E-state index in [1.165, 1.54) is 56.2 Å². The van der Waals surface area contributed by atoms with Gasteiger partial charge in [0.1, 0.15) is 6.73 Å². The molecule has 18 heteroatoms. The minimum absolute atomic E-state index is 0. The van der Waals surface area contributed by atoms with Crippen molar-refractivity contribution in [1.29, 1.82) is 0 Å². The van der Waals surface area contributed by atoms with Gasteiger partial charge in [-0.2, -0.15) is 0 Å². The highest BCUT2D eigenvalue weighted by Gasteiger charge is 2.31. The maximum absolute atomic E-state index is 11.7. The van der Waals surface area contributed by atoms with Gasteiger partial charge in [0.05, 0.1) is 60.0 Å². The Balaban J connectivity index is 0.000000715. The number of rotatable bonds is 3. The average molecular weight is 633 g/mol. The number of fused-ring (bicyclic) bond motifs is 2. The summed E-state index contributed by atoms with van der Waals surface area (Å²) in [7, 11) is 0. The second-order valence-electron chi connectivity index (χ2n) is 10.4. The second kappa shape index (κ2) is 19.5. The highest BCUT2D eigenvalue weighted by molar-refractivity contribution is 5.82. The van der Waals surface area contributed by atoms with Gasteiger partial charge in [-0.1, -0.05) is 6.92 Å². The first-order valence-electron chi connectivity index (χ1n) is 13.8. The molecule has 2 unspecified atom stereocenters. The number of esters is 3. The van der Waals surface area contributed by atoms with Gasteiger partial charge in [0.2, 0.25) is 23.6 Å². The molecule has 3 rings (SSSR count). The number of amides is 4. The normalized spacial score (nSPS) is 20.2. The summed E-state index contributed by atoms with van der Waals surface area (Å²) in [5, 5.41) is 0. The molecule has 0 radical (unpaired) electrons. The van der Waals surface area contributed by atoms with E-state index in [0.717, 1.165) is 39.9 Å². The van der Waals surface area contributed by atoms with Crippen LogP contribution in [0.2, 0.25) is 0 Å². The molecule has 2 atom stereocenters. The third-order valence-corrected chi connectivity index (χ3v) is 6.33. The minimum atomic E-state index is -0.562. The molecule has 4 amide bonds. The van der Waals surface area contributed by atoms with Crippen LogP contribution >= 0.6 is 0 Å². The van der Waals surface area contributed by atoms with Gasteiger partial charge in [-0.3, -0.25) is 48.3 Å². The maximum atomic E-state index is 11.7. The standard InChI is InChI=1S/C13H22N4O5.C9H18N4O.C4H6O3.H2O/c1-10(18)15-5-14(9-22-13(4)21)6-16(11(2)19)8-17(7-15)12(3)20;1-3-10-4-11-6-12(5-10)8-13(7-11)9(2)14;1-3(5)7-4(2)6;/h5-9H2,1-4H3;3-8H2,1-2H3;1-2H3;1H2. The number of hydrogen-bond acceptors (Lipinski definition) is 13. The number of carbonyl (C=O) groups excluding carboxylic acids is 7. The largest absolute Gasteiger partial charge is 0.450 e. The van der Waals surface area contributed by atoms with Crippen molar-refractivity contribution in [2.75, 3.05) is 73.3 Å². The molecule has 0 aromatic heterocycles. The van der Waals surface area contributed by atoms with E-state index in [2.05, 4.69) is 26.4 Å².